The van der Waals surface area contributed by atoms with Crippen LogP contribution in [0.15, 0.2) is 24.3 Å². The summed E-state index contributed by atoms with van der Waals surface area (Å²) in [6.45, 7) is 3.94. The summed E-state index contributed by atoms with van der Waals surface area (Å²) >= 11 is 0. The van der Waals surface area contributed by atoms with Crippen molar-refractivity contribution >= 4 is 0 Å². The van der Waals surface area contributed by atoms with Crippen LogP contribution in [0.5, 0.6) is 0 Å². The first kappa shape index (κ1) is 13.5. The van der Waals surface area contributed by atoms with Gasteiger partial charge >= 0.3 is 0 Å². The number of aryl methyl sites for hydroxylation is 1. The van der Waals surface area contributed by atoms with Gasteiger partial charge in [0.2, 0.25) is 0 Å². The van der Waals surface area contributed by atoms with Crippen LogP contribution in [-0.2, 0) is 15.9 Å². The molecule has 2 rings (SSSR count). The highest BCUT2D eigenvalue weighted by molar-refractivity contribution is 5.24. The lowest BCUT2D eigenvalue weighted by Gasteiger charge is -2.15. The molecule has 1 fully saturated rings. The van der Waals surface area contributed by atoms with Crippen LogP contribution < -0.4 is 0 Å². The first-order valence-electron chi connectivity index (χ1n) is 6.76. The Morgan fingerprint density at radius 1 is 1.39 bits per heavy atom. The first-order valence-corrected chi connectivity index (χ1v) is 6.76. The number of benzene rings is 1. The van der Waals surface area contributed by atoms with Crippen molar-refractivity contribution in [3.63, 3.8) is 0 Å². The molecule has 0 radical (unpaired) electrons. The van der Waals surface area contributed by atoms with E-state index in [4.69, 9.17) is 9.47 Å². The molecule has 0 amide bonds. The lowest BCUT2D eigenvalue weighted by Crippen LogP contribution is -2.17. The molecule has 3 heteroatoms. The molecule has 1 N–H and O–H groups in total. The van der Waals surface area contributed by atoms with Gasteiger partial charge in [0.25, 0.3) is 0 Å². The summed E-state index contributed by atoms with van der Waals surface area (Å²) in [5, 5.41) is 10.0. The van der Waals surface area contributed by atoms with Gasteiger partial charge in [-0.1, -0.05) is 37.6 Å². The molecular formula is C15H22O3. The Labute approximate surface area is 109 Å². The van der Waals surface area contributed by atoms with E-state index in [-0.39, 0.29) is 6.10 Å². The van der Waals surface area contributed by atoms with Crippen molar-refractivity contribution in [1.82, 2.24) is 0 Å². The Hall–Kier alpha value is -0.900. The van der Waals surface area contributed by atoms with Gasteiger partial charge in [-0.2, -0.15) is 0 Å². The van der Waals surface area contributed by atoms with Crippen LogP contribution in [0.3, 0.4) is 0 Å². The van der Waals surface area contributed by atoms with Gasteiger partial charge in [-0.25, -0.2) is 0 Å². The van der Waals surface area contributed by atoms with E-state index in [1.807, 2.05) is 12.1 Å². The molecule has 2 atom stereocenters. The largest absolute Gasteiger partial charge is 0.386 e. The van der Waals surface area contributed by atoms with Gasteiger partial charge in [0.05, 0.1) is 19.3 Å². The Morgan fingerprint density at radius 2 is 2.17 bits per heavy atom. The Kier molecular flexibility index (Phi) is 5.17. The SMILES string of the molecule is CCCc1ccc(C(O)COC2CCOC2)cc1. The van der Waals surface area contributed by atoms with Crippen LogP contribution in [0, 0.1) is 0 Å². The maximum absolute atomic E-state index is 10.0. The van der Waals surface area contributed by atoms with E-state index in [2.05, 4.69) is 19.1 Å². The molecule has 1 aliphatic heterocycles. The second kappa shape index (κ2) is 6.88. The van der Waals surface area contributed by atoms with Crippen molar-refractivity contribution in [2.45, 2.75) is 38.4 Å². The van der Waals surface area contributed by atoms with Crippen molar-refractivity contribution in [1.29, 1.82) is 0 Å². The molecule has 0 aliphatic carbocycles. The average molecular weight is 250 g/mol. The summed E-state index contributed by atoms with van der Waals surface area (Å²) in [4.78, 5) is 0. The van der Waals surface area contributed by atoms with Crippen LogP contribution in [-0.4, -0.2) is 31.0 Å². The van der Waals surface area contributed by atoms with E-state index in [0.29, 0.717) is 13.2 Å². The summed E-state index contributed by atoms with van der Waals surface area (Å²) in [5.41, 5.74) is 2.24. The normalized spacial score (nSPS) is 21.1. The number of ether oxygens (including phenoxy) is 2. The van der Waals surface area contributed by atoms with Crippen LogP contribution in [0.1, 0.15) is 37.0 Å². The number of aliphatic hydroxyl groups excluding tert-OH is 1. The molecule has 0 saturated carbocycles. The first-order chi connectivity index (χ1) is 8.79. The zero-order valence-corrected chi connectivity index (χ0v) is 11.0. The fourth-order valence-electron chi connectivity index (χ4n) is 2.16. The molecule has 0 bridgehead atoms. The Morgan fingerprint density at radius 3 is 2.78 bits per heavy atom. The van der Waals surface area contributed by atoms with E-state index in [1.54, 1.807) is 0 Å². The minimum absolute atomic E-state index is 0.152. The number of aliphatic hydroxyl groups is 1. The topological polar surface area (TPSA) is 38.7 Å². The standard InChI is InChI=1S/C15H22O3/c1-2-3-12-4-6-13(7-5-12)15(16)11-18-14-8-9-17-10-14/h4-7,14-16H,2-3,8-11H2,1H3. The molecule has 0 spiro atoms. The molecule has 1 aromatic carbocycles. The zero-order valence-electron chi connectivity index (χ0n) is 11.0. The van der Waals surface area contributed by atoms with Crippen LogP contribution >= 0.6 is 0 Å². The van der Waals surface area contributed by atoms with E-state index in [0.717, 1.165) is 31.4 Å². The number of rotatable bonds is 6. The molecular weight excluding hydrogens is 228 g/mol. The van der Waals surface area contributed by atoms with Crippen LogP contribution in [0.2, 0.25) is 0 Å². The average Bonchev–Trinajstić information content (AvgIpc) is 2.90. The summed E-state index contributed by atoms with van der Waals surface area (Å²) < 4.78 is 10.9. The van der Waals surface area contributed by atoms with Crippen molar-refractivity contribution in [3.05, 3.63) is 35.4 Å². The molecule has 0 aromatic heterocycles. The number of hydrogen-bond donors (Lipinski definition) is 1. The highest BCUT2D eigenvalue weighted by Crippen LogP contribution is 2.17. The minimum atomic E-state index is -0.540. The van der Waals surface area contributed by atoms with E-state index in [1.165, 1.54) is 5.56 Å². The third-order valence-electron chi connectivity index (χ3n) is 3.28. The highest BCUT2D eigenvalue weighted by Gasteiger charge is 2.18. The van der Waals surface area contributed by atoms with Gasteiger partial charge in [0.1, 0.15) is 6.10 Å². The summed E-state index contributed by atoms with van der Waals surface area (Å²) in [6, 6.07) is 8.15. The molecule has 100 valence electrons. The molecule has 1 saturated heterocycles. The van der Waals surface area contributed by atoms with Crippen molar-refractivity contribution in [2.24, 2.45) is 0 Å². The van der Waals surface area contributed by atoms with Gasteiger partial charge in [-0.05, 0) is 24.0 Å². The summed E-state index contributed by atoms with van der Waals surface area (Å²) in [5.74, 6) is 0. The van der Waals surface area contributed by atoms with Gasteiger partial charge in [0, 0.05) is 6.61 Å². The quantitative estimate of drug-likeness (QED) is 0.843. The van der Waals surface area contributed by atoms with Crippen molar-refractivity contribution in [2.75, 3.05) is 19.8 Å². The molecule has 1 heterocycles. The minimum Gasteiger partial charge on any atom is -0.386 e. The van der Waals surface area contributed by atoms with Crippen LogP contribution in [0.4, 0.5) is 0 Å². The third kappa shape index (κ3) is 3.80. The molecule has 18 heavy (non-hydrogen) atoms. The lowest BCUT2D eigenvalue weighted by atomic mass is 10.0. The smallest absolute Gasteiger partial charge is 0.102 e. The molecule has 1 aromatic rings. The maximum Gasteiger partial charge on any atom is 0.102 e. The second-order valence-corrected chi connectivity index (χ2v) is 4.83. The predicted molar refractivity (Wildman–Crippen MR) is 70.6 cm³/mol. The molecule has 3 nitrogen and oxygen atoms in total. The Balaban J connectivity index is 1.81. The predicted octanol–water partition coefficient (Wildman–Crippen LogP) is 2.48. The summed E-state index contributed by atoms with van der Waals surface area (Å²) in [6.07, 6.45) is 2.78. The fourth-order valence-corrected chi connectivity index (χ4v) is 2.16. The van der Waals surface area contributed by atoms with Crippen molar-refractivity contribution in [3.8, 4) is 0 Å². The van der Waals surface area contributed by atoms with Gasteiger partial charge in [-0.3, -0.25) is 0 Å². The highest BCUT2D eigenvalue weighted by atomic mass is 16.5. The van der Waals surface area contributed by atoms with E-state index >= 15 is 0 Å². The van der Waals surface area contributed by atoms with E-state index in [9.17, 15) is 5.11 Å². The Bertz CT molecular complexity index is 341. The van der Waals surface area contributed by atoms with Crippen LogP contribution in [0.25, 0.3) is 0 Å². The molecule has 2 unspecified atom stereocenters. The monoisotopic (exact) mass is 250 g/mol. The van der Waals surface area contributed by atoms with Gasteiger partial charge in [0.15, 0.2) is 0 Å². The van der Waals surface area contributed by atoms with Gasteiger partial charge in [-0.15, -0.1) is 0 Å². The third-order valence-corrected chi connectivity index (χ3v) is 3.28. The van der Waals surface area contributed by atoms with Gasteiger partial charge < -0.3 is 14.6 Å². The van der Waals surface area contributed by atoms with Crippen molar-refractivity contribution < 1.29 is 14.6 Å². The number of hydrogen-bond acceptors (Lipinski definition) is 3. The van der Waals surface area contributed by atoms with E-state index < -0.39 is 6.10 Å². The fraction of sp³-hybridized carbons (Fsp3) is 0.600. The lowest BCUT2D eigenvalue weighted by molar-refractivity contribution is -0.0131. The molecule has 1 aliphatic rings. The zero-order chi connectivity index (χ0) is 12.8. The summed E-state index contributed by atoms with van der Waals surface area (Å²) in [7, 11) is 0. The maximum atomic E-state index is 10.0. The second-order valence-electron chi connectivity index (χ2n) is 4.83.